The minimum Gasteiger partial charge on any atom is -0.398 e. The SMILES string of the molecule is CCC(C)(O)c1cnccc1N. The smallest absolute Gasteiger partial charge is 0.0900 e. The van der Waals surface area contributed by atoms with E-state index in [2.05, 4.69) is 4.98 Å². The first-order chi connectivity index (χ1) is 5.58. The van der Waals surface area contributed by atoms with Gasteiger partial charge in [-0.1, -0.05) is 6.92 Å². The third-order valence-corrected chi connectivity index (χ3v) is 2.12. The third kappa shape index (κ3) is 1.56. The van der Waals surface area contributed by atoms with E-state index in [0.29, 0.717) is 17.7 Å². The Hall–Kier alpha value is -1.09. The van der Waals surface area contributed by atoms with E-state index >= 15 is 0 Å². The van der Waals surface area contributed by atoms with Crippen molar-refractivity contribution in [3.05, 3.63) is 24.0 Å². The monoisotopic (exact) mass is 166 g/mol. The first-order valence-corrected chi connectivity index (χ1v) is 4.00. The molecule has 0 bridgehead atoms. The number of aromatic nitrogens is 1. The van der Waals surface area contributed by atoms with Gasteiger partial charge in [0.2, 0.25) is 0 Å². The molecule has 0 aliphatic rings. The van der Waals surface area contributed by atoms with Crippen molar-refractivity contribution >= 4 is 5.69 Å². The first-order valence-electron chi connectivity index (χ1n) is 4.00. The van der Waals surface area contributed by atoms with Gasteiger partial charge in [0.15, 0.2) is 0 Å². The summed E-state index contributed by atoms with van der Waals surface area (Å²) in [6.45, 7) is 3.65. The van der Waals surface area contributed by atoms with E-state index in [-0.39, 0.29) is 0 Å². The van der Waals surface area contributed by atoms with Gasteiger partial charge in [-0.25, -0.2) is 0 Å². The van der Waals surface area contributed by atoms with Crippen LogP contribution >= 0.6 is 0 Å². The predicted molar refractivity (Wildman–Crippen MR) is 48.5 cm³/mol. The van der Waals surface area contributed by atoms with Gasteiger partial charge >= 0.3 is 0 Å². The number of hydrogen-bond donors (Lipinski definition) is 2. The molecule has 0 fully saturated rings. The van der Waals surface area contributed by atoms with Gasteiger partial charge in [-0.15, -0.1) is 0 Å². The number of pyridine rings is 1. The average Bonchev–Trinajstić information content (AvgIpc) is 2.05. The first kappa shape index (κ1) is 9.00. The molecule has 1 aromatic heterocycles. The van der Waals surface area contributed by atoms with Gasteiger partial charge in [-0.2, -0.15) is 0 Å². The molecule has 0 aliphatic carbocycles. The lowest BCUT2D eigenvalue weighted by atomic mass is 9.94. The van der Waals surface area contributed by atoms with Crippen LogP contribution in [0.25, 0.3) is 0 Å². The number of aliphatic hydroxyl groups is 1. The molecule has 1 rings (SSSR count). The zero-order chi connectivity index (χ0) is 9.19. The number of nitrogens with zero attached hydrogens (tertiary/aromatic N) is 1. The molecule has 0 aromatic carbocycles. The van der Waals surface area contributed by atoms with Gasteiger partial charge in [0, 0.05) is 23.6 Å². The second kappa shape index (κ2) is 3.11. The minimum absolute atomic E-state index is 0.594. The fourth-order valence-corrected chi connectivity index (χ4v) is 1.05. The number of hydrogen-bond acceptors (Lipinski definition) is 3. The molecular formula is C9H14N2O. The zero-order valence-electron chi connectivity index (χ0n) is 7.41. The van der Waals surface area contributed by atoms with E-state index in [9.17, 15) is 5.11 Å². The van der Waals surface area contributed by atoms with Crippen LogP contribution in [0.5, 0.6) is 0 Å². The summed E-state index contributed by atoms with van der Waals surface area (Å²) in [5.74, 6) is 0. The van der Waals surface area contributed by atoms with Crippen molar-refractivity contribution in [2.24, 2.45) is 0 Å². The maximum Gasteiger partial charge on any atom is 0.0900 e. The highest BCUT2D eigenvalue weighted by molar-refractivity contribution is 5.47. The Morgan fingerprint density at radius 1 is 1.67 bits per heavy atom. The van der Waals surface area contributed by atoms with Crippen LogP contribution in [0.3, 0.4) is 0 Å². The highest BCUT2D eigenvalue weighted by atomic mass is 16.3. The van der Waals surface area contributed by atoms with Crippen LogP contribution < -0.4 is 5.73 Å². The van der Waals surface area contributed by atoms with Crippen LogP contribution in [0, 0.1) is 0 Å². The van der Waals surface area contributed by atoms with Gasteiger partial charge in [0.1, 0.15) is 0 Å². The standard InChI is InChI=1S/C9H14N2O/c1-3-9(2,12)7-6-11-5-4-8(7)10/h4-6,12H,3H2,1-2H3,(H2,10,11). The normalized spacial score (nSPS) is 15.6. The van der Waals surface area contributed by atoms with E-state index in [0.717, 1.165) is 0 Å². The molecule has 12 heavy (non-hydrogen) atoms. The summed E-state index contributed by atoms with van der Waals surface area (Å²) in [5.41, 5.74) is 6.12. The molecule has 1 aromatic rings. The van der Waals surface area contributed by atoms with Crippen molar-refractivity contribution in [2.45, 2.75) is 25.9 Å². The second-order valence-corrected chi connectivity index (χ2v) is 3.09. The molecular weight excluding hydrogens is 152 g/mol. The molecule has 0 radical (unpaired) electrons. The summed E-state index contributed by atoms with van der Waals surface area (Å²) in [6.07, 6.45) is 3.85. The fraction of sp³-hybridized carbons (Fsp3) is 0.444. The van der Waals surface area contributed by atoms with Gasteiger partial charge in [-0.05, 0) is 19.4 Å². The molecule has 0 saturated carbocycles. The molecule has 3 heteroatoms. The zero-order valence-corrected chi connectivity index (χ0v) is 7.41. The molecule has 0 spiro atoms. The lowest BCUT2D eigenvalue weighted by molar-refractivity contribution is 0.0535. The van der Waals surface area contributed by atoms with Crippen molar-refractivity contribution in [1.29, 1.82) is 0 Å². The van der Waals surface area contributed by atoms with Crippen LogP contribution in [0.2, 0.25) is 0 Å². The Morgan fingerprint density at radius 3 is 2.83 bits per heavy atom. The summed E-state index contributed by atoms with van der Waals surface area (Å²) in [4.78, 5) is 3.92. The average molecular weight is 166 g/mol. The molecule has 3 nitrogen and oxygen atoms in total. The van der Waals surface area contributed by atoms with Crippen LogP contribution in [-0.2, 0) is 5.60 Å². The number of anilines is 1. The van der Waals surface area contributed by atoms with E-state index < -0.39 is 5.60 Å². The maximum atomic E-state index is 9.86. The molecule has 0 saturated heterocycles. The molecule has 0 aliphatic heterocycles. The van der Waals surface area contributed by atoms with E-state index in [1.807, 2.05) is 6.92 Å². The quantitative estimate of drug-likeness (QED) is 0.695. The van der Waals surface area contributed by atoms with Gasteiger partial charge < -0.3 is 10.8 Å². The van der Waals surface area contributed by atoms with Crippen LogP contribution in [0.1, 0.15) is 25.8 Å². The van der Waals surface area contributed by atoms with E-state index in [1.54, 1.807) is 25.4 Å². The van der Waals surface area contributed by atoms with Gasteiger partial charge in [0.25, 0.3) is 0 Å². The summed E-state index contributed by atoms with van der Waals surface area (Å²) in [5, 5.41) is 9.86. The Labute approximate surface area is 72.2 Å². The summed E-state index contributed by atoms with van der Waals surface area (Å²) in [7, 11) is 0. The lowest BCUT2D eigenvalue weighted by Gasteiger charge is -2.22. The number of nitrogens with two attached hydrogens (primary N) is 1. The lowest BCUT2D eigenvalue weighted by Crippen LogP contribution is -2.21. The predicted octanol–water partition coefficient (Wildman–Crippen LogP) is 1.28. The van der Waals surface area contributed by atoms with Gasteiger partial charge in [0.05, 0.1) is 5.60 Å². The Bertz CT molecular complexity index is 271. The van der Waals surface area contributed by atoms with Crippen LogP contribution in [-0.4, -0.2) is 10.1 Å². The Balaban J connectivity index is 3.10. The Morgan fingerprint density at radius 2 is 2.33 bits per heavy atom. The van der Waals surface area contributed by atoms with Crippen molar-refractivity contribution in [2.75, 3.05) is 5.73 Å². The van der Waals surface area contributed by atoms with Gasteiger partial charge in [-0.3, -0.25) is 4.98 Å². The van der Waals surface area contributed by atoms with E-state index in [1.165, 1.54) is 0 Å². The number of nitrogen functional groups attached to an aromatic ring is 1. The topological polar surface area (TPSA) is 59.1 Å². The molecule has 0 amide bonds. The van der Waals surface area contributed by atoms with Crippen molar-refractivity contribution in [1.82, 2.24) is 4.98 Å². The molecule has 1 heterocycles. The summed E-state index contributed by atoms with van der Waals surface area (Å²) in [6, 6.07) is 1.69. The summed E-state index contributed by atoms with van der Waals surface area (Å²) < 4.78 is 0. The maximum absolute atomic E-state index is 9.86. The molecule has 3 N–H and O–H groups in total. The molecule has 66 valence electrons. The summed E-state index contributed by atoms with van der Waals surface area (Å²) >= 11 is 0. The van der Waals surface area contributed by atoms with Crippen LogP contribution in [0.15, 0.2) is 18.5 Å². The Kier molecular flexibility index (Phi) is 2.33. The second-order valence-electron chi connectivity index (χ2n) is 3.09. The van der Waals surface area contributed by atoms with Crippen molar-refractivity contribution in [3.8, 4) is 0 Å². The van der Waals surface area contributed by atoms with E-state index in [4.69, 9.17) is 5.73 Å². The minimum atomic E-state index is -0.863. The third-order valence-electron chi connectivity index (χ3n) is 2.12. The number of rotatable bonds is 2. The van der Waals surface area contributed by atoms with Crippen molar-refractivity contribution in [3.63, 3.8) is 0 Å². The largest absolute Gasteiger partial charge is 0.398 e. The highest BCUT2D eigenvalue weighted by Crippen LogP contribution is 2.27. The highest BCUT2D eigenvalue weighted by Gasteiger charge is 2.22. The molecule has 1 atom stereocenters. The molecule has 1 unspecified atom stereocenters. The van der Waals surface area contributed by atoms with Crippen LogP contribution in [0.4, 0.5) is 5.69 Å². The fourth-order valence-electron chi connectivity index (χ4n) is 1.05. The van der Waals surface area contributed by atoms with Crippen molar-refractivity contribution < 1.29 is 5.11 Å².